The monoisotopic (exact) mass is 397 g/mol. The number of anilines is 1. The van der Waals surface area contributed by atoms with Gasteiger partial charge < -0.3 is 15.1 Å². The maximum absolute atomic E-state index is 13.0. The first kappa shape index (κ1) is 19.3. The molecule has 0 radical (unpaired) electrons. The van der Waals surface area contributed by atoms with E-state index < -0.39 is 5.92 Å². The fraction of sp³-hybridized carbons (Fsp3) is 0.579. The van der Waals surface area contributed by atoms with Crippen LogP contribution < -0.4 is 10.2 Å². The van der Waals surface area contributed by atoms with Gasteiger partial charge in [0, 0.05) is 38.6 Å². The van der Waals surface area contributed by atoms with Crippen LogP contribution in [0.4, 0.5) is 5.69 Å². The van der Waals surface area contributed by atoms with Crippen molar-refractivity contribution in [1.29, 1.82) is 0 Å². The molecule has 1 N–H and O–H groups in total. The van der Waals surface area contributed by atoms with Gasteiger partial charge in [0.25, 0.3) is 0 Å². The summed E-state index contributed by atoms with van der Waals surface area (Å²) >= 11 is 12.4. The number of piperazine rings is 1. The predicted molar refractivity (Wildman–Crippen MR) is 105 cm³/mol. The number of amides is 2. The molecule has 0 aliphatic carbocycles. The molecule has 0 saturated carbocycles. The second-order valence-electron chi connectivity index (χ2n) is 8.08. The summed E-state index contributed by atoms with van der Waals surface area (Å²) in [7, 11) is 0. The maximum atomic E-state index is 13.0. The van der Waals surface area contributed by atoms with E-state index in [2.05, 4.69) is 31.0 Å². The van der Waals surface area contributed by atoms with E-state index in [0.717, 1.165) is 5.69 Å². The fourth-order valence-electron chi connectivity index (χ4n) is 3.81. The molecule has 5 nitrogen and oxygen atoms in total. The molecule has 1 aromatic carbocycles. The summed E-state index contributed by atoms with van der Waals surface area (Å²) in [5, 5.41) is 3.93. The maximum Gasteiger partial charge on any atom is 0.235 e. The number of hydrogen-bond acceptors (Lipinski definition) is 3. The molecule has 2 atom stereocenters. The van der Waals surface area contributed by atoms with Crippen LogP contribution in [-0.4, -0.2) is 49.4 Å². The normalized spacial score (nSPS) is 24.0. The van der Waals surface area contributed by atoms with Crippen molar-refractivity contribution in [1.82, 2.24) is 10.2 Å². The minimum absolute atomic E-state index is 0.0166. The molecule has 0 spiro atoms. The molecule has 0 bridgehead atoms. The van der Waals surface area contributed by atoms with E-state index in [1.54, 1.807) is 6.07 Å². The van der Waals surface area contributed by atoms with Gasteiger partial charge in [-0.3, -0.25) is 9.59 Å². The van der Waals surface area contributed by atoms with Crippen LogP contribution in [-0.2, 0) is 9.59 Å². The zero-order valence-corrected chi connectivity index (χ0v) is 16.9. The van der Waals surface area contributed by atoms with Gasteiger partial charge in [0.15, 0.2) is 0 Å². The van der Waals surface area contributed by atoms with Crippen LogP contribution >= 0.6 is 23.2 Å². The molecule has 2 amide bonds. The molecule has 3 rings (SSSR count). The molecule has 26 heavy (non-hydrogen) atoms. The molecule has 0 aromatic heterocycles. The Labute approximate surface area is 164 Å². The smallest absolute Gasteiger partial charge is 0.235 e. The summed E-state index contributed by atoms with van der Waals surface area (Å²) in [6, 6.07) is 5.57. The standard InChI is InChI=1S/C19H25Cl2N3O2/c1-19(2,3)12-11-22-17(25)15(12)18(26)24-9-7-23(8-10-24)14-6-4-5-13(20)16(14)21/h4-6,12,15H,7-11H2,1-3H3,(H,22,25). The van der Waals surface area contributed by atoms with Crippen molar-refractivity contribution in [2.24, 2.45) is 17.3 Å². The lowest BCUT2D eigenvalue weighted by Gasteiger charge is -2.39. The summed E-state index contributed by atoms with van der Waals surface area (Å²) in [5.74, 6) is -0.772. The van der Waals surface area contributed by atoms with Gasteiger partial charge in [0.05, 0.1) is 15.7 Å². The number of nitrogens with zero attached hydrogens (tertiary/aromatic N) is 2. The van der Waals surface area contributed by atoms with E-state index in [4.69, 9.17) is 23.2 Å². The third kappa shape index (κ3) is 3.65. The molecule has 2 saturated heterocycles. The highest BCUT2D eigenvalue weighted by Crippen LogP contribution is 2.37. The Hall–Kier alpha value is -1.46. The lowest BCUT2D eigenvalue weighted by Crippen LogP contribution is -2.52. The largest absolute Gasteiger partial charge is 0.367 e. The van der Waals surface area contributed by atoms with Crippen molar-refractivity contribution in [3.8, 4) is 0 Å². The zero-order chi connectivity index (χ0) is 19.1. The predicted octanol–water partition coefficient (Wildman–Crippen LogP) is 3.05. The SMILES string of the molecule is CC(C)(C)C1CNC(=O)C1C(=O)N1CCN(c2cccc(Cl)c2Cl)CC1. The highest BCUT2D eigenvalue weighted by Gasteiger charge is 2.47. The number of rotatable bonds is 2. The highest BCUT2D eigenvalue weighted by atomic mass is 35.5. The summed E-state index contributed by atoms with van der Waals surface area (Å²) in [6.07, 6.45) is 0. The summed E-state index contributed by atoms with van der Waals surface area (Å²) < 4.78 is 0. The molecular formula is C19H25Cl2N3O2. The van der Waals surface area contributed by atoms with Gasteiger partial charge in [-0.2, -0.15) is 0 Å². The van der Waals surface area contributed by atoms with Gasteiger partial charge in [0.1, 0.15) is 5.92 Å². The van der Waals surface area contributed by atoms with E-state index in [9.17, 15) is 9.59 Å². The Kier molecular flexibility index (Phi) is 5.40. The lowest BCUT2D eigenvalue weighted by atomic mass is 9.74. The number of benzene rings is 1. The molecular weight excluding hydrogens is 373 g/mol. The first-order chi connectivity index (χ1) is 12.2. The second-order valence-corrected chi connectivity index (χ2v) is 8.87. The minimum atomic E-state index is -0.587. The summed E-state index contributed by atoms with van der Waals surface area (Å²) in [4.78, 5) is 29.3. The molecule has 2 fully saturated rings. The minimum Gasteiger partial charge on any atom is -0.367 e. The molecule has 2 heterocycles. The molecule has 2 unspecified atom stereocenters. The fourth-order valence-corrected chi connectivity index (χ4v) is 4.23. The Morgan fingerprint density at radius 3 is 2.42 bits per heavy atom. The van der Waals surface area contributed by atoms with Gasteiger partial charge in [-0.15, -0.1) is 0 Å². The quantitative estimate of drug-likeness (QED) is 0.780. The van der Waals surface area contributed by atoms with Gasteiger partial charge in [-0.05, 0) is 17.5 Å². The van der Waals surface area contributed by atoms with E-state index in [0.29, 0.717) is 42.8 Å². The summed E-state index contributed by atoms with van der Waals surface area (Å²) in [6.45, 7) is 9.29. The zero-order valence-electron chi connectivity index (χ0n) is 15.4. The Balaban J connectivity index is 1.69. The van der Waals surface area contributed by atoms with Crippen LogP contribution in [0.25, 0.3) is 0 Å². The van der Waals surface area contributed by atoms with Gasteiger partial charge in [-0.1, -0.05) is 50.0 Å². The third-order valence-electron chi connectivity index (χ3n) is 5.42. The number of carbonyl (C=O) groups excluding carboxylic acids is 2. The second kappa shape index (κ2) is 7.28. The molecule has 2 aliphatic heterocycles. The topological polar surface area (TPSA) is 52.7 Å². The van der Waals surface area contributed by atoms with E-state index in [1.807, 2.05) is 17.0 Å². The lowest BCUT2D eigenvalue weighted by molar-refractivity contribution is -0.143. The number of carbonyl (C=O) groups is 2. The van der Waals surface area contributed by atoms with Crippen molar-refractivity contribution >= 4 is 40.7 Å². The molecule has 1 aromatic rings. The number of halogens is 2. The van der Waals surface area contributed by atoms with Gasteiger partial charge in [0.2, 0.25) is 11.8 Å². The average Bonchev–Trinajstić information content (AvgIpc) is 2.99. The van der Waals surface area contributed by atoms with Crippen LogP contribution in [0.1, 0.15) is 20.8 Å². The first-order valence-electron chi connectivity index (χ1n) is 8.95. The van der Waals surface area contributed by atoms with Crippen LogP contribution in [0.3, 0.4) is 0 Å². The van der Waals surface area contributed by atoms with E-state index in [-0.39, 0.29) is 23.1 Å². The van der Waals surface area contributed by atoms with Gasteiger partial charge >= 0.3 is 0 Å². The van der Waals surface area contributed by atoms with Crippen LogP contribution in [0, 0.1) is 17.3 Å². The Morgan fingerprint density at radius 1 is 1.15 bits per heavy atom. The first-order valence-corrected chi connectivity index (χ1v) is 9.71. The Morgan fingerprint density at radius 2 is 1.81 bits per heavy atom. The molecule has 2 aliphatic rings. The van der Waals surface area contributed by atoms with E-state index in [1.165, 1.54) is 0 Å². The van der Waals surface area contributed by atoms with Crippen molar-refractivity contribution in [2.75, 3.05) is 37.6 Å². The van der Waals surface area contributed by atoms with Crippen LogP contribution in [0.2, 0.25) is 10.0 Å². The molecule has 7 heteroatoms. The number of hydrogen-bond donors (Lipinski definition) is 1. The highest BCUT2D eigenvalue weighted by molar-refractivity contribution is 6.43. The number of nitrogens with one attached hydrogen (secondary N) is 1. The van der Waals surface area contributed by atoms with E-state index >= 15 is 0 Å². The van der Waals surface area contributed by atoms with Crippen molar-refractivity contribution in [3.05, 3.63) is 28.2 Å². The van der Waals surface area contributed by atoms with Crippen molar-refractivity contribution < 1.29 is 9.59 Å². The average molecular weight is 398 g/mol. The van der Waals surface area contributed by atoms with Crippen molar-refractivity contribution in [3.63, 3.8) is 0 Å². The molecule has 142 valence electrons. The Bertz CT molecular complexity index is 709. The van der Waals surface area contributed by atoms with Crippen LogP contribution in [0.5, 0.6) is 0 Å². The third-order valence-corrected chi connectivity index (χ3v) is 6.23. The summed E-state index contributed by atoms with van der Waals surface area (Å²) in [5.41, 5.74) is 0.785. The van der Waals surface area contributed by atoms with Gasteiger partial charge in [-0.25, -0.2) is 0 Å². The van der Waals surface area contributed by atoms with Crippen LogP contribution in [0.15, 0.2) is 18.2 Å². The van der Waals surface area contributed by atoms with Crippen molar-refractivity contribution in [2.45, 2.75) is 20.8 Å².